The molecule has 0 aliphatic heterocycles. The van der Waals surface area contributed by atoms with Crippen molar-refractivity contribution in [2.45, 2.75) is 6.54 Å². The number of benzene rings is 1. The average Bonchev–Trinajstić information content (AvgIpc) is 2.39. The van der Waals surface area contributed by atoms with Gasteiger partial charge in [-0.15, -0.1) is 0 Å². The standard InChI is InChI=1S/C12H12N4O/c1-17-10-4-2-9(3-5-10)8-16-12(7-14)11(15)6-13/h2-5,16H,8,15H2,1H3/b12-11-. The van der Waals surface area contributed by atoms with Gasteiger partial charge in [-0.2, -0.15) is 10.5 Å². The molecule has 86 valence electrons. The molecule has 0 aromatic heterocycles. The van der Waals surface area contributed by atoms with Crippen LogP contribution in [-0.2, 0) is 6.54 Å². The van der Waals surface area contributed by atoms with Crippen LogP contribution < -0.4 is 15.8 Å². The summed E-state index contributed by atoms with van der Waals surface area (Å²) in [5.74, 6) is 0.765. The van der Waals surface area contributed by atoms with Gasteiger partial charge in [0.05, 0.1) is 7.11 Å². The Morgan fingerprint density at radius 2 is 1.94 bits per heavy atom. The van der Waals surface area contributed by atoms with E-state index in [0.717, 1.165) is 11.3 Å². The molecule has 0 fully saturated rings. The number of rotatable bonds is 4. The maximum absolute atomic E-state index is 8.77. The quantitative estimate of drug-likeness (QED) is 0.750. The van der Waals surface area contributed by atoms with Gasteiger partial charge in [0.1, 0.15) is 29.3 Å². The first-order valence-corrected chi connectivity index (χ1v) is 4.88. The van der Waals surface area contributed by atoms with Crippen LogP contribution in [0.25, 0.3) is 0 Å². The maximum atomic E-state index is 8.77. The van der Waals surface area contributed by atoms with Gasteiger partial charge in [0.25, 0.3) is 0 Å². The highest BCUT2D eigenvalue weighted by Gasteiger charge is 2.01. The Hall–Kier alpha value is -2.66. The number of hydrogen-bond acceptors (Lipinski definition) is 5. The van der Waals surface area contributed by atoms with Gasteiger partial charge >= 0.3 is 0 Å². The van der Waals surface area contributed by atoms with Gasteiger partial charge < -0.3 is 15.8 Å². The molecule has 0 saturated carbocycles. The lowest BCUT2D eigenvalue weighted by molar-refractivity contribution is 0.414. The summed E-state index contributed by atoms with van der Waals surface area (Å²) in [6, 6.07) is 10.9. The lowest BCUT2D eigenvalue weighted by Crippen LogP contribution is -2.16. The molecule has 5 nitrogen and oxygen atoms in total. The summed E-state index contributed by atoms with van der Waals surface area (Å²) in [6.07, 6.45) is 0. The van der Waals surface area contributed by atoms with Crippen molar-refractivity contribution < 1.29 is 4.74 Å². The number of ether oxygens (including phenoxy) is 1. The summed E-state index contributed by atoms with van der Waals surface area (Å²) >= 11 is 0. The average molecular weight is 228 g/mol. The second kappa shape index (κ2) is 6.04. The van der Waals surface area contributed by atoms with E-state index >= 15 is 0 Å². The number of nitrogens with zero attached hydrogens (tertiary/aromatic N) is 2. The Morgan fingerprint density at radius 3 is 2.41 bits per heavy atom. The Balaban J connectivity index is 2.68. The van der Waals surface area contributed by atoms with E-state index in [4.69, 9.17) is 21.0 Å². The van der Waals surface area contributed by atoms with Gasteiger partial charge in [0, 0.05) is 6.54 Å². The zero-order chi connectivity index (χ0) is 12.7. The molecule has 0 amide bonds. The van der Waals surface area contributed by atoms with Gasteiger partial charge in [-0.05, 0) is 17.7 Å². The summed E-state index contributed by atoms with van der Waals surface area (Å²) in [5.41, 5.74) is 6.29. The minimum Gasteiger partial charge on any atom is -0.497 e. The molecule has 0 heterocycles. The van der Waals surface area contributed by atoms with Crippen molar-refractivity contribution in [1.82, 2.24) is 5.32 Å². The van der Waals surface area contributed by atoms with Crippen LogP contribution in [0.5, 0.6) is 5.75 Å². The molecule has 0 atom stereocenters. The van der Waals surface area contributed by atoms with Crippen LogP contribution in [0.2, 0.25) is 0 Å². The molecule has 17 heavy (non-hydrogen) atoms. The molecule has 0 bridgehead atoms. The largest absolute Gasteiger partial charge is 0.497 e. The smallest absolute Gasteiger partial charge is 0.148 e. The number of methoxy groups -OCH3 is 1. The molecule has 0 spiro atoms. The monoisotopic (exact) mass is 228 g/mol. The Bertz CT molecular complexity index is 491. The molecule has 0 radical (unpaired) electrons. The van der Waals surface area contributed by atoms with Crippen LogP contribution in [0.1, 0.15) is 5.56 Å². The lowest BCUT2D eigenvalue weighted by atomic mass is 10.2. The van der Waals surface area contributed by atoms with E-state index in [2.05, 4.69) is 5.32 Å². The highest BCUT2D eigenvalue weighted by atomic mass is 16.5. The molecule has 1 aromatic carbocycles. The van der Waals surface area contributed by atoms with Crippen molar-refractivity contribution in [2.24, 2.45) is 5.73 Å². The van der Waals surface area contributed by atoms with Crippen molar-refractivity contribution in [3.05, 3.63) is 41.2 Å². The second-order valence-corrected chi connectivity index (χ2v) is 3.21. The highest BCUT2D eigenvalue weighted by Crippen LogP contribution is 2.11. The number of nitriles is 2. The van der Waals surface area contributed by atoms with E-state index in [-0.39, 0.29) is 11.4 Å². The van der Waals surface area contributed by atoms with Crippen LogP contribution in [0.15, 0.2) is 35.7 Å². The van der Waals surface area contributed by atoms with Crippen molar-refractivity contribution in [3.8, 4) is 17.9 Å². The first kappa shape index (κ1) is 12.4. The van der Waals surface area contributed by atoms with Gasteiger partial charge in [-0.1, -0.05) is 12.1 Å². The highest BCUT2D eigenvalue weighted by molar-refractivity contribution is 5.34. The predicted octanol–water partition coefficient (Wildman–Crippen LogP) is 1.00. The van der Waals surface area contributed by atoms with E-state index < -0.39 is 0 Å². The van der Waals surface area contributed by atoms with Crippen molar-refractivity contribution in [1.29, 1.82) is 10.5 Å². The lowest BCUT2D eigenvalue weighted by Gasteiger charge is -2.06. The van der Waals surface area contributed by atoms with Crippen LogP contribution in [-0.4, -0.2) is 7.11 Å². The van der Waals surface area contributed by atoms with E-state index in [9.17, 15) is 0 Å². The fourth-order valence-corrected chi connectivity index (χ4v) is 1.18. The van der Waals surface area contributed by atoms with Gasteiger partial charge in [0.2, 0.25) is 0 Å². The molecular formula is C12H12N4O. The topological polar surface area (TPSA) is 94.9 Å². The van der Waals surface area contributed by atoms with E-state index in [1.807, 2.05) is 30.3 Å². The fraction of sp³-hybridized carbons (Fsp3) is 0.167. The Kier molecular flexibility index (Phi) is 4.41. The molecule has 3 N–H and O–H groups in total. The van der Waals surface area contributed by atoms with Gasteiger partial charge in [-0.3, -0.25) is 0 Å². The van der Waals surface area contributed by atoms with Gasteiger partial charge in [0.15, 0.2) is 0 Å². The zero-order valence-corrected chi connectivity index (χ0v) is 9.40. The summed E-state index contributed by atoms with van der Waals surface area (Å²) in [6.45, 7) is 0.426. The van der Waals surface area contributed by atoms with Crippen molar-refractivity contribution in [3.63, 3.8) is 0 Å². The van der Waals surface area contributed by atoms with Crippen LogP contribution >= 0.6 is 0 Å². The normalized spacial score (nSPS) is 10.8. The maximum Gasteiger partial charge on any atom is 0.148 e. The van der Waals surface area contributed by atoms with Crippen LogP contribution in [0.3, 0.4) is 0 Å². The molecular weight excluding hydrogens is 216 g/mol. The first-order chi connectivity index (χ1) is 8.21. The Labute approximate surface area is 99.7 Å². The molecule has 0 saturated heterocycles. The van der Waals surface area contributed by atoms with Crippen molar-refractivity contribution in [2.75, 3.05) is 7.11 Å². The first-order valence-electron chi connectivity index (χ1n) is 4.88. The fourth-order valence-electron chi connectivity index (χ4n) is 1.18. The third-order valence-electron chi connectivity index (χ3n) is 2.13. The summed E-state index contributed by atoms with van der Waals surface area (Å²) in [4.78, 5) is 0. The Morgan fingerprint density at radius 1 is 1.29 bits per heavy atom. The van der Waals surface area contributed by atoms with Crippen LogP contribution in [0, 0.1) is 22.7 Å². The third kappa shape index (κ3) is 3.44. The molecule has 0 aliphatic carbocycles. The summed E-state index contributed by atoms with van der Waals surface area (Å²) in [7, 11) is 1.59. The summed E-state index contributed by atoms with van der Waals surface area (Å²) in [5, 5.41) is 20.1. The predicted molar refractivity (Wildman–Crippen MR) is 62.3 cm³/mol. The molecule has 1 aromatic rings. The van der Waals surface area contributed by atoms with E-state index in [1.54, 1.807) is 13.2 Å². The van der Waals surface area contributed by atoms with Crippen molar-refractivity contribution >= 4 is 0 Å². The minimum atomic E-state index is -0.110. The summed E-state index contributed by atoms with van der Waals surface area (Å²) < 4.78 is 5.03. The molecule has 0 aliphatic rings. The van der Waals surface area contributed by atoms with Crippen LogP contribution in [0.4, 0.5) is 0 Å². The zero-order valence-electron chi connectivity index (χ0n) is 9.40. The number of nitrogens with two attached hydrogens (primary N) is 1. The SMILES string of the molecule is COc1ccc(CN/C(C#N)=C(\N)C#N)cc1. The second-order valence-electron chi connectivity index (χ2n) is 3.21. The minimum absolute atomic E-state index is 0.0864. The number of nitrogens with one attached hydrogen (secondary N) is 1. The molecule has 1 rings (SSSR count). The van der Waals surface area contributed by atoms with Gasteiger partial charge in [-0.25, -0.2) is 0 Å². The van der Waals surface area contributed by atoms with E-state index in [0.29, 0.717) is 6.54 Å². The molecule has 5 heteroatoms. The number of allylic oxidation sites excluding steroid dienone is 2. The third-order valence-corrected chi connectivity index (χ3v) is 2.13. The number of hydrogen-bond donors (Lipinski definition) is 2. The molecule has 0 unspecified atom stereocenters. The van der Waals surface area contributed by atoms with E-state index in [1.165, 1.54) is 0 Å².